The van der Waals surface area contributed by atoms with Crippen molar-refractivity contribution >= 4 is 12.3 Å². The summed E-state index contributed by atoms with van der Waals surface area (Å²) in [6.45, 7) is 3.42. The fourth-order valence-corrected chi connectivity index (χ4v) is 0.390. The molecule has 0 aliphatic heterocycles. The van der Waals surface area contributed by atoms with Gasteiger partial charge < -0.3 is 9.53 Å². The number of esters is 1. The maximum Gasteiger partial charge on any atom is 0.330 e. The quantitative estimate of drug-likeness (QED) is 0.347. The van der Waals surface area contributed by atoms with Gasteiger partial charge >= 0.3 is 5.97 Å². The van der Waals surface area contributed by atoms with Crippen molar-refractivity contribution in [3.8, 4) is 0 Å². The highest BCUT2D eigenvalue weighted by atomic mass is 16.5. The Morgan fingerprint density at radius 3 is 2.36 bits per heavy atom. The zero-order valence-corrected chi connectivity index (χ0v) is 6.96. The SMILES string of the molecule is COC(=O)/C=C/C(C)(C)C=O. The van der Waals surface area contributed by atoms with Gasteiger partial charge in [0.25, 0.3) is 0 Å². The van der Waals surface area contributed by atoms with E-state index in [4.69, 9.17) is 0 Å². The Morgan fingerprint density at radius 2 is 2.00 bits per heavy atom. The molecule has 0 atom stereocenters. The Kier molecular flexibility index (Phi) is 3.51. The van der Waals surface area contributed by atoms with Crippen molar-refractivity contribution in [3.63, 3.8) is 0 Å². The molecule has 0 aromatic rings. The molecule has 0 bridgehead atoms. The molecule has 62 valence electrons. The molecule has 3 nitrogen and oxygen atoms in total. The lowest BCUT2D eigenvalue weighted by Gasteiger charge is -2.08. The zero-order chi connectivity index (χ0) is 8.91. The Balaban J connectivity index is 4.11. The van der Waals surface area contributed by atoms with E-state index in [-0.39, 0.29) is 0 Å². The molecular formula is C8H12O3. The summed E-state index contributed by atoms with van der Waals surface area (Å²) in [5, 5.41) is 0. The first-order chi connectivity index (χ1) is 5.02. The molecule has 0 N–H and O–H groups in total. The summed E-state index contributed by atoms with van der Waals surface area (Å²) in [5.74, 6) is -0.445. The zero-order valence-electron chi connectivity index (χ0n) is 6.96. The van der Waals surface area contributed by atoms with E-state index >= 15 is 0 Å². The summed E-state index contributed by atoms with van der Waals surface area (Å²) in [6, 6.07) is 0. The molecule has 11 heavy (non-hydrogen) atoms. The van der Waals surface area contributed by atoms with Gasteiger partial charge in [0.05, 0.1) is 7.11 Å². The molecule has 0 aliphatic rings. The summed E-state index contributed by atoms with van der Waals surface area (Å²) in [5.41, 5.74) is -0.589. The second-order valence-electron chi connectivity index (χ2n) is 2.80. The van der Waals surface area contributed by atoms with Crippen molar-refractivity contribution in [2.45, 2.75) is 13.8 Å². The lowest BCUT2D eigenvalue weighted by atomic mass is 9.95. The van der Waals surface area contributed by atoms with Gasteiger partial charge in [-0.25, -0.2) is 4.79 Å². The first-order valence-corrected chi connectivity index (χ1v) is 3.25. The van der Waals surface area contributed by atoms with Crippen molar-refractivity contribution in [3.05, 3.63) is 12.2 Å². The summed E-state index contributed by atoms with van der Waals surface area (Å²) in [7, 11) is 1.29. The number of ether oxygens (including phenoxy) is 1. The number of aldehydes is 1. The van der Waals surface area contributed by atoms with Gasteiger partial charge in [-0.1, -0.05) is 6.08 Å². The van der Waals surface area contributed by atoms with Gasteiger partial charge in [0.15, 0.2) is 0 Å². The summed E-state index contributed by atoms with van der Waals surface area (Å²) >= 11 is 0. The average Bonchev–Trinajstić information content (AvgIpc) is 2.00. The van der Waals surface area contributed by atoms with E-state index in [1.807, 2.05) is 0 Å². The minimum atomic E-state index is -0.589. The van der Waals surface area contributed by atoms with Crippen LogP contribution in [0.15, 0.2) is 12.2 Å². The van der Waals surface area contributed by atoms with Gasteiger partial charge in [-0.3, -0.25) is 0 Å². The van der Waals surface area contributed by atoms with Gasteiger partial charge in [0, 0.05) is 11.5 Å². The van der Waals surface area contributed by atoms with Crippen molar-refractivity contribution in [2.75, 3.05) is 7.11 Å². The van der Waals surface area contributed by atoms with Crippen molar-refractivity contribution in [1.29, 1.82) is 0 Å². The number of allylic oxidation sites excluding steroid dienone is 1. The molecule has 3 heteroatoms. The van der Waals surface area contributed by atoms with Crippen LogP contribution < -0.4 is 0 Å². The molecule has 0 fully saturated rings. The molecule has 0 radical (unpaired) electrons. The first kappa shape index (κ1) is 9.88. The molecule has 0 aliphatic carbocycles. The van der Waals surface area contributed by atoms with Crippen LogP contribution in [0.1, 0.15) is 13.8 Å². The second-order valence-corrected chi connectivity index (χ2v) is 2.80. The van der Waals surface area contributed by atoms with Crippen LogP contribution in [0.25, 0.3) is 0 Å². The monoisotopic (exact) mass is 156 g/mol. The maximum atomic E-state index is 10.5. The maximum absolute atomic E-state index is 10.5. The Hall–Kier alpha value is -1.12. The van der Waals surface area contributed by atoms with Crippen LogP contribution >= 0.6 is 0 Å². The molecule has 0 heterocycles. The van der Waals surface area contributed by atoms with Crippen LogP contribution in [0.5, 0.6) is 0 Å². The van der Waals surface area contributed by atoms with E-state index in [2.05, 4.69) is 4.74 Å². The standard InChI is InChI=1S/C8H12O3/c1-8(2,6-9)5-4-7(10)11-3/h4-6H,1-3H3/b5-4+. The molecule has 0 saturated heterocycles. The van der Waals surface area contributed by atoms with E-state index in [9.17, 15) is 9.59 Å². The third-order valence-corrected chi connectivity index (χ3v) is 1.15. The number of methoxy groups -OCH3 is 1. The minimum Gasteiger partial charge on any atom is -0.466 e. The van der Waals surface area contributed by atoms with Crippen LogP contribution in [0.2, 0.25) is 0 Å². The average molecular weight is 156 g/mol. The van der Waals surface area contributed by atoms with Crippen molar-refractivity contribution in [1.82, 2.24) is 0 Å². The summed E-state index contributed by atoms with van der Waals surface area (Å²) in [4.78, 5) is 20.9. The lowest BCUT2D eigenvalue weighted by molar-refractivity contribution is -0.134. The van der Waals surface area contributed by atoms with E-state index in [1.165, 1.54) is 19.3 Å². The van der Waals surface area contributed by atoms with Gasteiger partial charge in [-0.05, 0) is 13.8 Å². The third kappa shape index (κ3) is 4.31. The van der Waals surface area contributed by atoms with E-state index in [1.54, 1.807) is 13.8 Å². The van der Waals surface area contributed by atoms with Crippen LogP contribution in [-0.4, -0.2) is 19.4 Å². The number of carbonyl (C=O) groups is 2. The van der Waals surface area contributed by atoms with Gasteiger partial charge in [-0.15, -0.1) is 0 Å². The largest absolute Gasteiger partial charge is 0.466 e. The molecule has 0 aromatic carbocycles. The Labute approximate surface area is 66.0 Å². The van der Waals surface area contributed by atoms with Crippen molar-refractivity contribution < 1.29 is 14.3 Å². The van der Waals surface area contributed by atoms with Gasteiger partial charge in [0.2, 0.25) is 0 Å². The highest BCUT2D eigenvalue weighted by Crippen LogP contribution is 2.11. The van der Waals surface area contributed by atoms with E-state index < -0.39 is 11.4 Å². The number of carbonyl (C=O) groups excluding carboxylic acids is 2. The van der Waals surface area contributed by atoms with E-state index in [0.29, 0.717) is 0 Å². The molecule has 0 saturated carbocycles. The fourth-order valence-electron chi connectivity index (χ4n) is 0.390. The van der Waals surface area contributed by atoms with Gasteiger partial charge in [0.1, 0.15) is 6.29 Å². The van der Waals surface area contributed by atoms with Crippen LogP contribution in [0, 0.1) is 5.41 Å². The summed E-state index contributed by atoms with van der Waals surface area (Å²) in [6.07, 6.45) is 3.52. The Morgan fingerprint density at radius 1 is 1.45 bits per heavy atom. The molecular weight excluding hydrogens is 144 g/mol. The predicted octanol–water partition coefficient (Wildman–Crippen LogP) is 0.941. The van der Waals surface area contributed by atoms with Crippen LogP contribution in [0.4, 0.5) is 0 Å². The summed E-state index contributed by atoms with van der Waals surface area (Å²) < 4.78 is 4.35. The molecule has 0 rings (SSSR count). The normalized spacial score (nSPS) is 11.5. The van der Waals surface area contributed by atoms with Gasteiger partial charge in [-0.2, -0.15) is 0 Å². The molecule has 0 spiro atoms. The molecule has 0 amide bonds. The smallest absolute Gasteiger partial charge is 0.330 e. The highest BCUT2D eigenvalue weighted by molar-refractivity contribution is 5.82. The molecule has 0 unspecified atom stereocenters. The van der Waals surface area contributed by atoms with Crippen LogP contribution in [-0.2, 0) is 14.3 Å². The lowest BCUT2D eigenvalue weighted by Crippen LogP contribution is -2.09. The minimum absolute atomic E-state index is 0.445. The number of rotatable bonds is 3. The second kappa shape index (κ2) is 3.91. The topological polar surface area (TPSA) is 43.4 Å². The number of hydrogen-bond acceptors (Lipinski definition) is 3. The highest BCUT2D eigenvalue weighted by Gasteiger charge is 2.11. The number of hydrogen-bond donors (Lipinski definition) is 0. The predicted molar refractivity (Wildman–Crippen MR) is 41.0 cm³/mol. The Bertz CT molecular complexity index is 180. The van der Waals surface area contributed by atoms with Crippen LogP contribution in [0.3, 0.4) is 0 Å². The first-order valence-electron chi connectivity index (χ1n) is 3.25. The van der Waals surface area contributed by atoms with E-state index in [0.717, 1.165) is 6.29 Å². The third-order valence-electron chi connectivity index (χ3n) is 1.15. The fraction of sp³-hybridized carbons (Fsp3) is 0.500. The molecule has 0 aromatic heterocycles. The van der Waals surface area contributed by atoms with Crippen molar-refractivity contribution in [2.24, 2.45) is 5.41 Å².